The summed E-state index contributed by atoms with van der Waals surface area (Å²) >= 11 is 0. The molecule has 2 nitrogen and oxygen atoms in total. The lowest BCUT2D eigenvalue weighted by atomic mass is 10.2. The van der Waals surface area contributed by atoms with E-state index in [4.69, 9.17) is 4.74 Å². The molecule has 0 atom stereocenters. The minimum Gasteiger partial charge on any atom is -0.494 e. The van der Waals surface area contributed by atoms with Crippen LogP contribution in [0.2, 0.25) is 0 Å². The minimum absolute atomic E-state index is 0.809. The van der Waals surface area contributed by atoms with E-state index in [2.05, 4.69) is 24.4 Å². The van der Waals surface area contributed by atoms with Crippen LogP contribution in [0.25, 0.3) is 0 Å². The van der Waals surface area contributed by atoms with Gasteiger partial charge < -0.3 is 10.1 Å². The average Bonchev–Trinajstić information content (AvgIpc) is 2.38. The Kier molecular flexibility index (Phi) is 6.96. The highest BCUT2D eigenvalue weighted by molar-refractivity contribution is 5.47. The number of nitrogens with one attached hydrogen (secondary N) is 1. The van der Waals surface area contributed by atoms with Gasteiger partial charge in [0, 0.05) is 18.8 Å². The summed E-state index contributed by atoms with van der Waals surface area (Å²) in [7, 11) is 1.92. The number of benzene rings is 1. The second-order valence-electron chi connectivity index (χ2n) is 4.04. The molecule has 1 N–H and O–H groups in total. The van der Waals surface area contributed by atoms with Crippen molar-refractivity contribution in [1.29, 1.82) is 0 Å². The predicted molar refractivity (Wildman–Crippen MR) is 74.8 cm³/mol. The Balaban J connectivity index is 2.13. The van der Waals surface area contributed by atoms with Crippen LogP contribution in [0, 0.1) is 0 Å². The SMILES string of the molecule is C/C=C/CCCCCOc1cccc(NC)c1. The maximum absolute atomic E-state index is 5.70. The first-order valence-electron chi connectivity index (χ1n) is 6.38. The van der Waals surface area contributed by atoms with Gasteiger partial charge in [-0.2, -0.15) is 0 Å². The largest absolute Gasteiger partial charge is 0.494 e. The standard InChI is InChI=1S/C15H23NO/c1-3-4-5-6-7-8-12-17-15-11-9-10-14(13-15)16-2/h3-4,9-11,13,16H,5-8,12H2,1-2H3/b4-3+. The molecule has 94 valence electrons. The molecular weight excluding hydrogens is 210 g/mol. The van der Waals surface area contributed by atoms with E-state index >= 15 is 0 Å². The van der Waals surface area contributed by atoms with Crippen LogP contribution in [0.15, 0.2) is 36.4 Å². The summed E-state index contributed by atoms with van der Waals surface area (Å²) in [6.07, 6.45) is 9.13. The average molecular weight is 233 g/mol. The van der Waals surface area contributed by atoms with Crippen LogP contribution >= 0.6 is 0 Å². The first-order chi connectivity index (χ1) is 8.36. The summed E-state index contributed by atoms with van der Waals surface area (Å²) in [6.45, 7) is 2.88. The monoisotopic (exact) mass is 233 g/mol. The molecule has 2 heteroatoms. The Bertz CT molecular complexity index is 333. The van der Waals surface area contributed by atoms with Gasteiger partial charge in [0.1, 0.15) is 5.75 Å². The normalized spacial score (nSPS) is 10.7. The van der Waals surface area contributed by atoms with Crippen LogP contribution in [-0.4, -0.2) is 13.7 Å². The van der Waals surface area contributed by atoms with E-state index < -0.39 is 0 Å². The van der Waals surface area contributed by atoms with Gasteiger partial charge in [-0.3, -0.25) is 0 Å². The molecule has 0 bridgehead atoms. The predicted octanol–water partition coefficient (Wildman–Crippen LogP) is 4.24. The van der Waals surface area contributed by atoms with E-state index in [9.17, 15) is 0 Å². The van der Waals surface area contributed by atoms with E-state index in [1.807, 2.05) is 31.3 Å². The molecule has 0 spiro atoms. The first-order valence-corrected chi connectivity index (χ1v) is 6.38. The van der Waals surface area contributed by atoms with Gasteiger partial charge in [0.15, 0.2) is 0 Å². The third-order valence-electron chi connectivity index (χ3n) is 2.64. The molecule has 0 aromatic heterocycles. The fourth-order valence-corrected chi connectivity index (χ4v) is 1.64. The van der Waals surface area contributed by atoms with Crippen LogP contribution in [0.5, 0.6) is 5.75 Å². The van der Waals surface area contributed by atoms with Crippen molar-refractivity contribution in [3.8, 4) is 5.75 Å². The molecule has 0 amide bonds. The van der Waals surface area contributed by atoms with Gasteiger partial charge in [-0.25, -0.2) is 0 Å². The van der Waals surface area contributed by atoms with Crippen LogP contribution in [0.3, 0.4) is 0 Å². The summed E-state index contributed by atoms with van der Waals surface area (Å²) in [5.74, 6) is 0.949. The molecule has 1 aromatic rings. The zero-order valence-corrected chi connectivity index (χ0v) is 10.9. The smallest absolute Gasteiger partial charge is 0.121 e. The molecule has 0 fully saturated rings. The Morgan fingerprint density at radius 2 is 2.12 bits per heavy atom. The number of ether oxygens (including phenoxy) is 1. The number of hydrogen-bond acceptors (Lipinski definition) is 2. The van der Waals surface area contributed by atoms with Crippen LogP contribution in [0.1, 0.15) is 32.6 Å². The van der Waals surface area contributed by atoms with Crippen molar-refractivity contribution < 1.29 is 4.74 Å². The van der Waals surface area contributed by atoms with E-state index in [1.165, 1.54) is 19.3 Å². The molecule has 0 saturated carbocycles. The van der Waals surface area contributed by atoms with Gasteiger partial charge in [0.25, 0.3) is 0 Å². The van der Waals surface area contributed by atoms with Crippen molar-refractivity contribution in [3.05, 3.63) is 36.4 Å². The van der Waals surface area contributed by atoms with E-state index in [0.29, 0.717) is 0 Å². The molecular formula is C15H23NO. The Morgan fingerprint density at radius 3 is 2.88 bits per heavy atom. The van der Waals surface area contributed by atoms with Crippen molar-refractivity contribution in [2.75, 3.05) is 19.0 Å². The zero-order chi connectivity index (χ0) is 12.3. The number of unbranched alkanes of at least 4 members (excludes halogenated alkanes) is 3. The topological polar surface area (TPSA) is 21.3 Å². The van der Waals surface area contributed by atoms with Gasteiger partial charge in [-0.1, -0.05) is 18.2 Å². The molecule has 0 saturated heterocycles. The summed E-state index contributed by atoms with van der Waals surface area (Å²) in [5, 5.41) is 3.10. The number of hydrogen-bond donors (Lipinski definition) is 1. The Hall–Kier alpha value is -1.44. The van der Waals surface area contributed by atoms with Crippen molar-refractivity contribution in [2.45, 2.75) is 32.6 Å². The van der Waals surface area contributed by atoms with Crippen molar-refractivity contribution in [2.24, 2.45) is 0 Å². The second-order valence-corrected chi connectivity index (χ2v) is 4.04. The molecule has 1 aromatic carbocycles. The number of allylic oxidation sites excluding steroid dienone is 2. The van der Waals surface area contributed by atoms with Crippen molar-refractivity contribution in [1.82, 2.24) is 0 Å². The zero-order valence-electron chi connectivity index (χ0n) is 10.9. The lowest BCUT2D eigenvalue weighted by molar-refractivity contribution is 0.305. The molecule has 0 heterocycles. The molecule has 0 radical (unpaired) electrons. The maximum Gasteiger partial charge on any atom is 0.121 e. The lowest BCUT2D eigenvalue weighted by Gasteiger charge is -2.07. The van der Waals surface area contributed by atoms with Crippen molar-refractivity contribution in [3.63, 3.8) is 0 Å². The van der Waals surface area contributed by atoms with Crippen molar-refractivity contribution >= 4 is 5.69 Å². The summed E-state index contributed by atoms with van der Waals surface area (Å²) in [4.78, 5) is 0. The summed E-state index contributed by atoms with van der Waals surface area (Å²) in [5.41, 5.74) is 1.09. The van der Waals surface area contributed by atoms with Crippen LogP contribution < -0.4 is 10.1 Å². The molecule has 17 heavy (non-hydrogen) atoms. The maximum atomic E-state index is 5.70. The Labute approximate surface area is 105 Å². The van der Waals surface area contributed by atoms with E-state index in [1.54, 1.807) is 0 Å². The first kappa shape index (κ1) is 13.6. The molecule has 0 aliphatic carbocycles. The van der Waals surface area contributed by atoms with Crippen LogP contribution in [0.4, 0.5) is 5.69 Å². The third kappa shape index (κ3) is 6.00. The van der Waals surface area contributed by atoms with E-state index in [0.717, 1.165) is 24.5 Å². The van der Waals surface area contributed by atoms with Gasteiger partial charge in [-0.15, -0.1) is 0 Å². The molecule has 0 aliphatic heterocycles. The summed E-state index contributed by atoms with van der Waals surface area (Å²) < 4.78 is 5.70. The number of rotatable bonds is 8. The quantitative estimate of drug-likeness (QED) is 0.535. The highest BCUT2D eigenvalue weighted by Crippen LogP contribution is 2.17. The highest BCUT2D eigenvalue weighted by Gasteiger charge is 1.95. The van der Waals surface area contributed by atoms with E-state index in [-0.39, 0.29) is 0 Å². The van der Waals surface area contributed by atoms with Gasteiger partial charge in [-0.05, 0) is 44.7 Å². The fraction of sp³-hybridized carbons (Fsp3) is 0.467. The Morgan fingerprint density at radius 1 is 1.24 bits per heavy atom. The fourth-order valence-electron chi connectivity index (χ4n) is 1.64. The molecule has 0 unspecified atom stereocenters. The third-order valence-corrected chi connectivity index (χ3v) is 2.64. The van der Waals surface area contributed by atoms with Gasteiger partial charge in [0.05, 0.1) is 6.61 Å². The second kappa shape index (κ2) is 8.68. The van der Waals surface area contributed by atoms with Gasteiger partial charge >= 0.3 is 0 Å². The number of anilines is 1. The minimum atomic E-state index is 0.809. The summed E-state index contributed by atoms with van der Waals surface area (Å²) in [6, 6.07) is 8.07. The molecule has 1 rings (SSSR count). The van der Waals surface area contributed by atoms with Crippen LogP contribution in [-0.2, 0) is 0 Å². The lowest BCUT2D eigenvalue weighted by Crippen LogP contribution is -1.97. The van der Waals surface area contributed by atoms with Gasteiger partial charge in [0.2, 0.25) is 0 Å². The highest BCUT2D eigenvalue weighted by atomic mass is 16.5. The molecule has 0 aliphatic rings.